The van der Waals surface area contributed by atoms with Crippen LogP contribution in [0.2, 0.25) is 0 Å². The van der Waals surface area contributed by atoms with E-state index < -0.39 is 5.91 Å². The molecule has 4 aromatic rings. The van der Waals surface area contributed by atoms with Crippen molar-refractivity contribution in [2.45, 2.75) is 0 Å². The van der Waals surface area contributed by atoms with E-state index in [1.165, 1.54) is 14.3 Å². The molecular formula is C22H15NO3Se. The number of fused-ring (bicyclic) bond motifs is 2. The molecule has 5 rings (SSSR count). The van der Waals surface area contributed by atoms with Crippen molar-refractivity contribution in [2.24, 2.45) is 5.73 Å². The molecule has 2 heterocycles. The third-order valence-electron chi connectivity index (χ3n) is 4.67. The average molecular weight is 420 g/mol. The molecule has 0 unspecified atom stereocenters. The Morgan fingerprint density at radius 1 is 0.889 bits per heavy atom. The molecule has 2 N–H and O–H groups in total. The maximum atomic E-state index is 11.7. The summed E-state index contributed by atoms with van der Waals surface area (Å²) in [5, 5.41) is 1.07. The standard InChI is InChI=1S/C22H15NO3Se/c23-22(24)15-7-9-19-16(10-15)20(21(27-19)13-4-2-1-3-5-13)14-6-8-17-18(11-14)26-12-25-17/h1-11H,12H2,(H2,23,24). The molecule has 1 aromatic heterocycles. The maximum absolute atomic E-state index is 11.7. The monoisotopic (exact) mass is 421 g/mol. The van der Waals surface area contributed by atoms with Crippen LogP contribution in [-0.2, 0) is 0 Å². The van der Waals surface area contributed by atoms with Crippen molar-refractivity contribution in [1.82, 2.24) is 0 Å². The number of ether oxygens (including phenoxy) is 2. The molecule has 1 aliphatic heterocycles. The fourth-order valence-electron chi connectivity index (χ4n) is 3.38. The summed E-state index contributed by atoms with van der Waals surface area (Å²) in [6, 6.07) is 22.1. The SMILES string of the molecule is NC(=O)c1ccc2[se]c(-c3ccccc3)c(-c3ccc4c(c3)OCO4)c2c1. The van der Waals surface area contributed by atoms with Crippen molar-refractivity contribution in [3.05, 3.63) is 72.3 Å². The molecule has 0 saturated carbocycles. The van der Waals surface area contributed by atoms with Crippen LogP contribution in [0.15, 0.2) is 66.7 Å². The first-order chi connectivity index (χ1) is 13.2. The molecule has 0 bridgehead atoms. The van der Waals surface area contributed by atoms with Crippen LogP contribution in [0.1, 0.15) is 10.4 Å². The van der Waals surface area contributed by atoms with Crippen molar-refractivity contribution in [2.75, 3.05) is 6.79 Å². The second-order valence-corrected chi connectivity index (χ2v) is 8.52. The fourth-order valence-corrected chi connectivity index (χ4v) is 5.92. The molecule has 27 heavy (non-hydrogen) atoms. The van der Waals surface area contributed by atoms with E-state index in [4.69, 9.17) is 15.2 Å². The average Bonchev–Trinajstić information content (AvgIpc) is 3.31. The zero-order valence-electron chi connectivity index (χ0n) is 14.3. The van der Waals surface area contributed by atoms with Crippen molar-refractivity contribution in [1.29, 1.82) is 0 Å². The summed E-state index contributed by atoms with van der Waals surface area (Å²) in [6.45, 7) is 0.246. The van der Waals surface area contributed by atoms with Crippen LogP contribution < -0.4 is 15.2 Å². The topological polar surface area (TPSA) is 61.6 Å². The molecule has 1 amide bonds. The second kappa shape index (κ2) is 6.30. The molecule has 4 nitrogen and oxygen atoms in total. The van der Waals surface area contributed by atoms with Crippen LogP contribution in [0, 0.1) is 0 Å². The van der Waals surface area contributed by atoms with E-state index in [-0.39, 0.29) is 21.3 Å². The molecule has 0 fully saturated rings. The Labute approximate surface area is 161 Å². The van der Waals surface area contributed by atoms with Crippen LogP contribution in [0.3, 0.4) is 0 Å². The summed E-state index contributed by atoms with van der Waals surface area (Å²) in [6.07, 6.45) is 0. The molecule has 0 saturated heterocycles. The number of benzene rings is 3. The van der Waals surface area contributed by atoms with Crippen molar-refractivity contribution < 1.29 is 14.3 Å². The van der Waals surface area contributed by atoms with Gasteiger partial charge in [0.15, 0.2) is 0 Å². The van der Waals surface area contributed by atoms with Gasteiger partial charge in [0.2, 0.25) is 0 Å². The Hall–Kier alpha value is -3.01. The summed E-state index contributed by atoms with van der Waals surface area (Å²) in [5.74, 6) is 1.10. The summed E-state index contributed by atoms with van der Waals surface area (Å²) >= 11 is 0.137. The van der Waals surface area contributed by atoms with Gasteiger partial charge >= 0.3 is 162 Å². The summed E-state index contributed by atoms with van der Waals surface area (Å²) in [4.78, 5) is 11.7. The first kappa shape index (κ1) is 16.2. The van der Waals surface area contributed by atoms with E-state index in [1.54, 1.807) is 0 Å². The Morgan fingerprint density at radius 3 is 2.52 bits per heavy atom. The zero-order chi connectivity index (χ0) is 18.4. The Kier molecular flexibility index (Phi) is 3.78. The fraction of sp³-hybridized carbons (Fsp3) is 0.0455. The van der Waals surface area contributed by atoms with Crippen LogP contribution >= 0.6 is 0 Å². The molecule has 0 radical (unpaired) electrons. The summed E-state index contributed by atoms with van der Waals surface area (Å²) < 4.78 is 13.6. The molecule has 0 atom stereocenters. The first-order valence-electron chi connectivity index (χ1n) is 8.52. The number of amides is 1. The van der Waals surface area contributed by atoms with Gasteiger partial charge in [-0.1, -0.05) is 0 Å². The number of hydrogen-bond acceptors (Lipinski definition) is 3. The number of hydrogen-bond donors (Lipinski definition) is 1. The van der Waals surface area contributed by atoms with Gasteiger partial charge in [-0.25, -0.2) is 0 Å². The van der Waals surface area contributed by atoms with E-state index in [2.05, 4.69) is 12.1 Å². The van der Waals surface area contributed by atoms with E-state index >= 15 is 0 Å². The minimum absolute atomic E-state index is 0.137. The Balaban J connectivity index is 1.81. The summed E-state index contributed by atoms with van der Waals surface area (Å²) in [5.41, 5.74) is 9.44. The third kappa shape index (κ3) is 2.72. The van der Waals surface area contributed by atoms with E-state index in [0.717, 1.165) is 28.0 Å². The molecular weight excluding hydrogens is 405 g/mol. The molecule has 132 valence electrons. The van der Waals surface area contributed by atoms with Crippen molar-refractivity contribution in [3.8, 4) is 32.6 Å². The molecule has 0 aliphatic carbocycles. The molecule has 1 aliphatic rings. The van der Waals surface area contributed by atoms with Gasteiger partial charge in [0.25, 0.3) is 0 Å². The van der Waals surface area contributed by atoms with Crippen LogP contribution in [0.4, 0.5) is 0 Å². The van der Waals surface area contributed by atoms with Gasteiger partial charge < -0.3 is 0 Å². The van der Waals surface area contributed by atoms with E-state index in [1.807, 2.05) is 54.6 Å². The summed E-state index contributed by atoms with van der Waals surface area (Å²) in [7, 11) is 0. The van der Waals surface area contributed by atoms with Crippen molar-refractivity contribution in [3.63, 3.8) is 0 Å². The van der Waals surface area contributed by atoms with Gasteiger partial charge in [-0.3, -0.25) is 0 Å². The van der Waals surface area contributed by atoms with Crippen LogP contribution in [0.5, 0.6) is 11.5 Å². The van der Waals surface area contributed by atoms with Gasteiger partial charge in [0.05, 0.1) is 0 Å². The Bertz CT molecular complexity index is 1180. The number of carbonyl (C=O) groups is 1. The van der Waals surface area contributed by atoms with Gasteiger partial charge in [0.1, 0.15) is 0 Å². The van der Waals surface area contributed by atoms with Gasteiger partial charge in [-0.2, -0.15) is 0 Å². The van der Waals surface area contributed by atoms with Crippen LogP contribution in [0.25, 0.3) is 30.8 Å². The molecule has 5 heteroatoms. The van der Waals surface area contributed by atoms with Gasteiger partial charge in [0, 0.05) is 0 Å². The van der Waals surface area contributed by atoms with Gasteiger partial charge in [-0.15, -0.1) is 0 Å². The molecule has 0 spiro atoms. The third-order valence-corrected chi connectivity index (χ3v) is 7.23. The molecule has 3 aromatic carbocycles. The Morgan fingerprint density at radius 2 is 1.70 bits per heavy atom. The zero-order valence-corrected chi connectivity index (χ0v) is 16.0. The van der Waals surface area contributed by atoms with E-state index in [0.29, 0.717) is 5.56 Å². The number of nitrogens with two attached hydrogens (primary N) is 1. The quantitative estimate of drug-likeness (QED) is 0.509. The van der Waals surface area contributed by atoms with E-state index in [9.17, 15) is 4.79 Å². The minimum atomic E-state index is -0.413. The first-order valence-corrected chi connectivity index (χ1v) is 10.2. The van der Waals surface area contributed by atoms with Crippen molar-refractivity contribution >= 4 is 30.1 Å². The number of carbonyl (C=O) groups excluding carboxylic acids is 1. The van der Waals surface area contributed by atoms with Gasteiger partial charge in [-0.05, 0) is 0 Å². The second-order valence-electron chi connectivity index (χ2n) is 6.32. The predicted octanol–water partition coefficient (Wildman–Crippen LogP) is 4.06. The predicted molar refractivity (Wildman–Crippen MR) is 106 cm³/mol. The van der Waals surface area contributed by atoms with Crippen LogP contribution in [-0.4, -0.2) is 27.2 Å². The number of rotatable bonds is 3. The normalized spacial score (nSPS) is 12.4. The number of primary amides is 1.